The molecule has 0 radical (unpaired) electrons. The Morgan fingerprint density at radius 2 is 1.81 bits per heavy atom. The Balaban J connectivity index is 1.88. The number of nitrogens with zero attached hydrogens (tertiary/aromatic N) is 1. The number of hydrogen-bond acceptors (Lipinski definition) is 6. The molecule has 0 fully saturated rings. The smallest absolute Gasteiger partial charge is 0.412 e. The highest BCUT2D eigenvalue weighted by Gasteiger charge is 2.31. The molecule has 0 bridgehead atoms. The minimum absolute atomic E-state index is 0.0545. The van der Waals surface area contributed by atoms with E-state index in [1.807, 2.05) is 24.3 Å². The van der Waals surface area contributed by atoms with Crippen LogP contribution in [-0.4, -0.2) is 29.0 Å². The normalized spacial score (nSPS) is 12.3. The van der Waals surface area contributed by atoms with Gasteiger partial charge in [0.15, 0.2) is 6.10 Å². The van der Waals surface area contributed by atoms with Gasteiger partial charge in [-0.25, -0.2) is 4.79 Å². The zero-order valence-electron chi connectivity index (χ0n) is 16.9. The number of nitriles is 1. The second kappa shape index (κ2) is 11.4. The number of carbonyl (C=O) groups is 1. The van der Waals surface area contributed by atoms with Crippen molar-refractivity contribution in [2.24, 2.45) is 0 Å². The first-order valence-electron chi connectivity index (χ1n) is 9.79. The summed E-state index contributed by atoms with van der Waals surface area (Å²) in [6.45, 7) is -0.209. The number of rotatable bonds is 8. The largest absolute Gasteiger partial charge is 0.508 e. The molecule has 1 amide bonds. The zero-order chi connectivity index (χ0) is 22.9. The van der Waals surface area contributed by atoms with E-state index in [9.17, 15) is 15.0 Å². The van der Waals surface area contributed by atoms with Crippen molar-refractivity contribution in [3.8, 4) is 17.6 Å². The van der Waals surface area contributed by atoms with E-state index >= 15 is 0 Å². The van der Waals surface area contributed by atoms with E-state index < -0.39 is 18.3 Å². The zero-order valence-corrected chi connectivity index (χ0v) is 19.1. The lowest BCUT2D eigenvalue weighted by Gasteiger charge is -2.28. The van der Waals surface area contributed by atoms with Crippen LogP contribution in [0.1, 0.15) is 23.7 Å². The van der Waals surface area contributed by atoms with E-state index in [0.29, 0.717) is 22.6 Å². The van der Waals surface area contributed by atoms with Gasteiger partial charge in [0.25, 0.3) is 0 Å². The Bertz CT molecular complexity index is 1080. The van der Waals surface area contributed by atoms with Crippen LogP contribution in [0.25, 0.3) is 0 Å². The van der Waals surface area contributed by atoms with Gasteiger partial charge in [-0.05, 0) is 77.2 Å². The molecule has 0 aliphatic rings. The van der Waals surface area contributed by atoms with Gasteiger partial charge in [0.1, 0.15) is 17.6 Å². The van der Waals surface area contributed by atoms with Crippen LogP contribution in [0.5, 0.6) is 11.5 Å². The van der Waals surface area contributed by atoms with Crippen LogP contribution in [0.4, 0.5) is 10.5 Å². The quantitative estimate of drug-likeness (QED) is 0.345. The minimum Gasteiger partial charge on any atom is -0.508 e. The van der Waals surface area contributed by atoms with Crippen molar-refractivity contribution in [2.75, 3.05) is 11.9 Å². The van der Waals surface area contributed by atoms with E-state index in [4.69, 9.17) is 14.7 Å². The summed E-state index contributed by atoms with van der Waals surface area (Å²) in [5, 5.41) is 31.6. The van der Waals surface area contributed by atoms with Crippen LogP contribution < -0.4 is 10.1 Å². The molecule has 164 valence electrons. The number of phenolic OH excluding ortho intramolecular Hbond substituents is 1. The van der Waals surface area contributed by atoms with Gasteiger partial charge < -0.3 is 19.7 Å². The van der Waals surface area contributed by atoms with Crippen LogP contribution in [0, 0.1) is 14.9 Å². The number of hydrogen-bond donors (Lipinski definition) is 3. The van der Waals surface area contributed by atoms with E-state index in [1.54, 1.807) is 48.5 Å². The van der Waals surface area contributed by atoms with E-state index in [0.717, 1.165) is 3.57 Å². The third-order valence-electron chi connectivity index (χ3n) is 4.57. The molecule has 0 saturated heterocycles. The molecule has 7 nitrogen and oxygen atoms in total. The third kappa shape index (κ3) is 6.35. The second-order valence-corrected chi connectivity index (χ2v) is 8.07. The number of aromatic hydroxyl groups is 1. The van der Waals surface area contributed by atoms with Gasteiger partial charge in [0.05, 0.1) is 11.6 Å². The molecule has 0 spiro atoms. The molecule has 3 rings (SSSR count). The van der Waals surface area contributed by atoms with Crippen LogP contribution >= 0.6 is 22.6 Å². The predicted molar refractivity (Wildman–Crippen MR) is 127 cm³/mol. The molecule has 3 N–H and O–H groups in total. The highest BCUT2D eigenvalue weighted by Crippen LogP contribution is 2.34. The summed E-state index contributed by atoms with van der Waals surface area (Å²) in [5.74, 6) is 0.485. The molecule has 0 aromatic heterocycles. The van der Waals surface area contributed by atoms with E-state index in [2.05, 4.69) is 27.9 Å². The van der Waals surface area contributed by atoms with Crippen molar-refractivity contribution in [3.05, 3.63) is 87.5 Å². The number of nitrogens with one attached hydrogen (secondary N) is 1. The Morgan fingerprint density at radius 3 is 2.47 bits per heavy atom. The molecular weight excluding hydrogens is 523 g/mol. The van der Waals surface area contributed by atoms with Crippen LogP contribution in [0.3, 0.4) is 0 Å². The van der Waals surface area contributed by atoms with Crippen molar-refractivity contribution in [1.82, 2.24) is 0 Å². The standard InChI is InChI=1S/C24H21IN2O5/c25-17-8-11-21(29)20(14-17)23(22(12-13-28)31-19-4-2-1-3-5-19)32-24(30)27-18-9-6-16(15-26)7-10-18/h1-11,14,22-23,28-29H,12-13H2,(H,27,30)/t22-,23-/m1/s1. The molecular formula is C24H21IN2O5. The fourth-order valence-electron chi connectivity index (χ4n) is 3.06. The summed E-state index contributed by atoms with van der Waals surface area (Å²) in [7, 11) is 0. The van der Waals surface area contributed by atoms with E-state index in [1.165, 1.54) is 6.07 Å². The van der Waals surface area contributed by atoms with Gasteiger partial charge >= 0.3 is 6.09 Å². The van der Waals surface area contributed by atoms with Crippen molar-refractivity contribution in [1.29, 1.82) is 5.26 Å². The molecule has 3 aromatic carbocycles. The number of anilines is 1. The van der Waals surface area contributed by atoms with Gasteiger partial charge in [0.2, 0.25) is 0 Å². The molecule has 0 saturated carbocycles. The number of benzene rings is 3. The lowest BCUT2D eigenvalue weighted by atomic mass is 10.0. The maximum Gasteiger partial charge on any atom is 0.412 e. The first-order valence-corrected chi connectivity index (χ1v) is 10.9. The van der Waals surface area contributed by atoms with Gasteiger partial charge in [-0.15, -0.1) is 0 Å². The number of ether oxygens (including phenoxy) is 2. The lowest BCUT2D eigenvalue weighted by Crippen LogP contribution is -2.32. The molecule has 0 heterocycles. The molecule has 8 heteroatoms. The van der Waals surface area contributed by atoms with E-state index in [-0.39, 0.29) is 18.8 Å². The fourth-order valence-corrected chi connectivity index (χ4v) is 3.57. The maximum atomic E-state index is 12.7. The molecule has 3 aromatic rings. The molecule has 0 unspecified atom stereocenters. The van der Waals surface area contributed by atoms with Gasteiger partial charge in [0, 0.05) is 27.8 Å². The summed E-state index contributed by atoms with van der Waals surface area (Å²) < 4.78 is 12.6. The SMILES string of the molecule is N#Cc1ccc(NC(=O)O[C@H](c2cc(I)ccc2O)[C@@H](CCO)Oc2ccccc2)cc1. The highest BCUT2D eigenvalue weighted by atomic mass is 127. The Kier molecular flexibility index (Phi) is 8.30. The first-order chi connectivity index (χ1) is 15.5. The van der Waals surface area contributed by atoms with Gasteiger partial charge in [-0.3, -0.25) is 5.32 Å². The number of halogens is 1. The average molecular weight is 544 g/mol. The number of carbonyl (C=O) groups excluding carboxylic acids is 1. The first kappa shape index (κ1) is 23.4. The van der Waals surface area contributed by atoms with Crippen molar-refractivity contribution < 1.29 is 24.5 Å². The second-order valence-electron chi connectivity index (χ2n) is 6.82. The highest BCUT2D eigenvalue weighted by molar-refractivity contribution is 14.1. The number of amides is 1. The van der Waals surface area contributed by atoms with Gasteiger partial charge in [-0.1, -0.05) is 18.2 Å². The summed E-state index contributed by atoms with van der Waals surface area (Å²) in [4.78, 5) is 12.7. The summed E-state index contributed by atoms with van der Waals surface area (Å²) >= 11 is 2.10. The van der Waals surface area contributed by atoms with Crippen LogP contribution in [0.15, 0.2) is 72.8 Å². The predicted octanol–water partition coefficient (Wildman–Crippen LogP) is 4.99. The third-order valence-corrected chi connectivity index (χ3v) is 5.24. The summed E-state index contributed by atoms with van der Waals surface area (Å²) in [6, 6.07) is 22.3. The molecule has 2 atom stereocenters. The number of phenols is 1. The number of aliphatic hydroxyl groups is 1. The number of aliphatic hydroxyl groups excluding tert-OH is 1. The summed E-state index contributed by atoms with van der Waals surface area (Å²) in [5.41, 5.74) is 1.27. The Hall–Kier alpha value is -3.29. The molecule has 32 heavy (non-hydrogen) atoms. The Labute approximate surface area is 199 Å². The topological polar surface area (TPSA) is 112 Å². The Morgan fingerprint density at radius 1 is 1.09 bits per heavy atom. The molecule has 0 aliphatic carbocycles. The van der Waals surface area contributed by atoms with Crippen LogP contribution in [0.2, 0.25) is 0 Å². The van der Waals surface area contributed by atoms with Crippen LogP contribution in [-0.2, 0) is 4.74 Å². The average Bonchev–Trinajstić information content (AvgIpc) is 2.80. The van der Waals surface area contributed by atoms with Crippen molar-refractivity contribution in [3.63, 3.8) is 0 Å². The summed E-state index contributed by atoms with van der Waals surface area (Å²) in [6.07, 6.45) is -2.37. The van der Waals surface area contributed by atoms with Crippen molar-refractivity contribution in [2.45, 2.75) is 18.6 Å². The molecule has 0 aliphatic heterocycles. The monoisotopic (exact) mass is 544 g/mol. The van der Waals surface area contributed by atoms with Gasteiger partial charge in [-0.2, -0.15) is 5.26 Å². The fraction of sp³-hybridized carbons (Fsp3) is 0.167. The van der Waals surface area contributed by atoms with Crippen molar-refractivity contribution >= 4 is 34.4 Å². The number of para-hydroxylation sites is 1. The minimum atomic E-state index is -1.00. The lowest BCUT2D eigenvalue weighted by molar-refractivity contribution is 0.00796. The maximum absolute atomic E-state index is 12.7.